The van der Waals surface area contributed by atoms with Crippen LogP contribution in [0.4, 0.5) is 0 Å². The number of ether oxygens (including phenoxy) is 1. The lowest BCUT2D eigenvalue weighted by molar-refractivity contribution is -0.147. The first-order chi connectivity index (χ1) is 27.6. The number of aliphatic hydroxyl groups is 1. The number of phosphoric acid groups is 1. The molecule has 0 saturated carbocycles. The van der Waals surface area contributed by atoms with Gasteiger partial charge in [-0.3, -0.25) is 18.6 Å². The molecule has 1 amide bonds. The first-order valence-electron chi connectivity index (χ1n) is 21.5. The topological polar surface area (TPSA) is 169 Å². The fourth-order valence-corrected chi connectivity index (χ4v) is 6.21. The van der Waals surface area contributed by atoms with Gasteiger partial charge in [-0.1, -0.05) is 157 Å². The molecule has 0 aliphatic rings. The number of aliphatic carboxylic acids is 1. The van der Waals surface area contributed by atoms with E-state index in [-0.39, 0.29) is 12.8 Å². The number of nitrogens with one attached hydrogen (secondary N) is 1. The molecule has 57 heavy (non-hydrogen) atoms. The molecule has 4 N–H and O–H groups in total. The number of carbonyl (C=O) groups excluding carboxylic acids is 2. The van der Waals surface area contributed by atoms with E-state index in [1.807, 2.05) is 0 Å². The lowest BCUT2D eigenvalue weighted by atomic mass is 10.1. The zero-order chi connectivity index (χ0) is 42.1. The summed E-state index contributed by atoms with van der Waals surface area (Å²) in [6.45, 7) is 2.42. The Morgan fingerprint density at radius 1 is 0.579 bits per heavy atom. The minimum absolute atomic E-state index is 0.112. The van der Waals surface area contributed by atoms with E-state index in [1.54, 1.807) is 0 Å². The Balaban J connectivity index is 3.99. The fraction of sp³-hybridized carbons (Fsp3) is 0.667. The van der Waals surface area contributed by atoms with E-state index in [4.69, 9.17) is 13.8 Å². The number of allylic oxidation sites excluding steroid dienone is 12. The number of carboxylic acids is 1. The van der Waals surface area contributed by atoms with Crippen LogP contribution in [0.5, 0.6) is 0 Å². The van der Waals surface area contributed by atoms with Crippen molar-refractivity contribution in [1.29, 1.82) is 0 Å². The van der Waals surface area contributed by atoms with E-state index in [2.05, 4.69) is 92.1 Å². The third-order valence-corrected chi connectivity index (χ3v) is 9.71. The van der Waals surface area contributed by atoms with Gasteiger partial charge in [0, 0.05) is 12.8 Å². The van der Waals surface area contributed by atoms with E-state index >= 15 is 0 Å². The first kappa shape index (κ1) is 53.9. The lowest BCUT2D eigenvalue weighted by Gasteiger charge is -2.18. The number of amides is 1. The molecule has 0 aliphatic carbocycles. The third-order valence-electron chi connectivity index (χ3n) is 8.76. The summed E-state index contributed by atoms with van der Waals surface area (Å²) in [4.78, 5) is 45.8. The predicted molar refractivity (Wildman–Crippen MR) is 231 cm³/mol. The summed E-state index contributed by atoms with van der Waals surface area (Å²) in [7, 11) is -4.76. The van der Waals surface area contributed by atoms with Crippen molar-refractivity contribution in [3.63, 3.8) is 0 Å². The third kappa shape index (κ3) is 39.5. The number of carbonyl (C=O) groups is 3. The van der Waals surface area contributed by atoms with Gasteiger partial charge < -0.3 is 25.2 Å². The SMILES string of the molecule is CC/C=C\C/C=C\C/C=C\C/C=C\C/C=C\C/C=C\CCCCCCC(=O)NC(COP(=O)(O)OCC(O)COC(=O)CCCCCCCCCCCC)C(=O)O. The minimum atomic E-state index is -4.76. The maximum atomic E-state index is 12.3. The molecule has 0 aromatic rings. The number of aliphatic hydroxyl groups excluding tert-OH is 1. The Bertz CT molecular complexity index is 1240. The van der Waals surface area contributed by atoms with Crippen LogP contribution in [0.1, 0.15) is 162 Å². The van der Waals surface area contributed by atoms with Crippen molar-refractivity contribution in [1.82, 2.24) is 5.32 Å². The second-order valence-electron chi connectivity index (χ2n) is 14.2. The summed E-state index contributed by atoms with van der Waals surface area (Å²) >= 11 is 0. The van der Waals surface area contributed by atoms with E-state index in [9.17, 15) is 34.1 Å². The van der Waals surface area contributed by atoms with Crippen LogP contribution in [0.15, 0.2) is 72.9 Å². The highest BCUT2D eigenvalue weighted by Crippen LogP contribution is 2.43. The van der Waals surface area contributed by atoms with Crippen LogP contribution in [0.3, 0.4) is 0 Å². The fourth-order valence-electron chi connectivity index (χ4n) is 5.43. The molecule has 0 spiro atoms. The normalized spacial score (nSPS) is 14.5. The predicted octanol–water partition coefficient (Wildman–Crippen LogP) is 10.9. The van der Waals surface area contributed by atoms with Gasteiger partial charge in [-0.15, -0.1) is 0 Å². The molecular formula is C45H76NO10P. The van der Waals surface area contributed by atoms with E-state index < -0.39 is 57.6 Å². The Morgan fingerprint density at radius 3 is 1.53 bits per heavy atom. The summed E-state index contributed by atoms with van der Waals surface area (Å²) in [5.41, 5.74) is 0. The quantitative estimate of drug-likeness (QED) is 0.0203. The highest BCUT2D eigenvalue weighted by Gasteiger charge is 2.28. The molecule has 3 unspecified atom stereocenters. The van der Waals surface area contributed by atoms with Crippen LogP contribution in [-0.2, 0) is 32.7 Å². The van der Waals surface area contributed by atoms with Gasteiger partial charge in [0.05, 0.1) is 13.2 Å². The van der Waals surface area contributed by atoms with Gasteiger partial charge in [0.15, 0.2) is 6.04 Å². The molecular weight excluding hydrogens is 745 g/mol. The second-order valence-corrected chi connectivity index (χ2v) is 15.6. The zero-order valence-electron chi connectivity index (χ0n) is 35.1. The Hall–Kier alpha value is -3.08. The molecule has 3 atom stereocenters. The first-order valence-corrected chi connectivity index (χ1v) is 23.0. The Kier molecular flexibility index (Phi) is 37.6. The number of phosphoric ester groups is 1. The molecule has 0 fully saturated rings. The summed E-state index contributed by atoms with van der Waals surface area (Å²) in [5, 5.41) is 21.8. The number of rotatable bonds is 39. The zero-order valence-corrected chi connectivity index (χ0v) is 36.0. The molecule has 0 heterocycles. The summed E-state index contributed by atoms with van der Waals surface area (Å²) in [5.74, 6) is -2.42. The van der Waals surface area contributed by atoms with Crippen molar-refractivity contribution < 1.29 is 47.8 Å². The molecule has 0 aromatic carbocycles. The van der Waals surface area contributed by atoms with Crippen molar-refractivity contribution in [3.8, 4) is 0 Å². The Labute approximate surface area is 344 Å². The molecule has 0 radical (unpaired) electrons. The number of hydrogen-bond acceptors (Lipinski definition) is 8. The Morgan fingerprint density at radius 2 is 1.02 bits per heavy atom. The van der Waals surface area contributed by atoms with Crippen molar-refractivity contribution in [2.75, 3.05) is 19.8 Å². The van der Waals surface area contributed by atoms with Crippen molar-refractivity contribution in [2.45, 2.75) is 174 Å². The van der Waals surface area contributed by atoms with Crippen molar-refractivity contribution in [2.24, 2.45) is 0 Å². The monoisotopic (exact) mass is 822 g/mol. The van der Waals surface area contributed by atoms with E-state index in [0.717, 1.165) is 83.5 Å². The van der Waals surface area contributed by atoms with Gasteiger partial charge in [-0.05, 0) is 64.2 Å². The van der Waals surface area contributed by atoms with Gasteiger partial charge in [0.2, 0.25) is 5.91 Å². The maximum absolute atomic E-state index is 12.3. The van der Waals surface area contributed by atoms with Gasteiger partial charge in [0.1, 0.15) is 12.7 Å². The maximum Gasteiger partial charge on any atom is 0.472 e. The molecule has 0 saturated heterocycles. The highest BCUT2D eigenvalue weighted by atomic mass is 31.2. The van der Waals surface area contributed by atoms with Crippen LogP contribution in [0.2, 0.25) is 0 Å². The van der Waals surface area contributed by atoms with Gasteiger partial charge in [0.25, 0.3) is 0 Å². The summed E-state index contributed by atoms with van der Waals surface area (Å²) in [6, 6.07) is -1.56. The van der Waals surface area contributed by atoms with Gasteiger partial charge in [-0.2, -0.15) is 0 Å². The number of carboxylic acid groups (broad SMARTS) is 1. The van der Waals surface area contributed by atoms with Crippen LogP contribution < -0.4 is 5.32 Å². The second kappa shape index (κ2) is 39.7. The summed E-state index contributed by atoms with van der Waals surface area (Å²) < 4.78 is 26.7. The molecule has 0 aromatic heterocycles. The standard InChI is InChI=1S/C45H76NO10P/c1-3-5-7-9-11-13-15-16-17-18-19-20-21-22-23-24-25-26-27-28-30-32-34-36-43(48)46-42(45(50)51)40-56-57(52,53)55-39-41(47)38-54-44(49)37-35-33-31-29-14-12-10-8-6-4-2/h5,7,11,13,16-17,19-20,22-23,25-26,41-42,47H,3-4,6,8-10,12,14-15,18,21,24,27-40H2,1-2H3,(H,46,48)(H,50,51)(H,52,53)/b7-5-,13-11-,17-16-,20-19-,23-22-,26-25-. The highest BCUT2D eigenvalue weighted by molar-refractivity contribution is 7.47. The lowest BCUT2D eigenvalue weighted by Crippen LogP contribution is -2.43. The van der Waals surface area contributed by atoms with Crippen molar-refractivity contribution in [3.05, 3.63) is 72.9 Å². The number of unbranched alkanes of at least 4 members (excludes halogenated alkanes) is 13. The van der Waals surface area contributed by atoms with E-state index in [0.29, 0.717) is 12.8 Å². The van der Waals surface area contributed by atoms with Crippen LogP contribution in [0, 0.1) is 0 Å². The van der Waals surface area contributed by atoms with Gasteiger partial charge >= 0.3 is 19.8 Å². The molecule has 12 heteroatoms. The molecule has 0 bridgehead atoms. The summed E-state index contributed by atoms with van der Waals surface area (Å²) in [6.07, 6.45) is 46.5. The molecule has 326 valence electrons. The molecule has 11 nitrogen and oxygen atoms in total. The van der Waals surface area contributed by atoms with Crippen LogP contribution in [0.25, 0.3) is 0 Å². The van der Waals surface area contributed by atoms with Crippen LogP contribution >= 0.6 is 7.82 Å². The van der Waals surface area contributed by atoms with E-state index in [1.165, 1.54) is 38.5 Å². The number of esters is 1. The molecule has 0 rings (SSSR count). The van der Waals surface area contributed by atoms with Crippen LogP contribution in [-0.4, -0.2) is 64.9 Å². The number of hydrogen-bond donors (Lipinski definition) is 4. The van der Waals surface area contributed by atoms with Crippen molar-refractivity contribution >= 4 is 25.7 Å². The molecule has 0 aliphatic heterocycles. The largest absolute Gasteiger partial charge is 0.480 e. The van der Waals surface area contributed by atoms with Gasteiger partial charge in [-0.25, -0.2) is 9.36 Å². The minimum Gasteiger partial charge on any atom is -0.480 e. The smallest absolute Gasteiger partial charge is 0.472 e. The average molecular weight is 822 g/mol. The average Bonchev–Trinajstić information content (AvgIpc) is 3.18.